The molecule has 43 heavy (non-hydrogen) atoms. The highest BCUT2D eigenvalue weighted by atomic mass is 32.2. The standard InChI is InChI=1S/C30H42N2O10S/c1-30(2,15-14-28(34)39-4)20-32(43(36,37)25-12-10-23(38-3)11-13-25)17-27(33)26(16-22-8-6-5-7-9-22)31-29(35)42-24-18-40-21-41-19-24/h5-13,24,26-27,33H,14-21H2,1-4H3,(H,31,35). The minimum Gasteiger partial charge on any atom is -0.497 e. The van der Waals surface area contributed by atoms with Gasteiger partial charge in [0, 0.05) is 19.5 Å². The van der Waals surface area contributed by atoms with Crippen LogP contribution in [0.1, 0.15) is 32.3 Å². The smallest absolute Gasteiger partial charge is 0.407 e. The van der Waals surface area contributed by atoms with Crippen molar-refractivity contribution in [3.63, 3.8) is 0 Å². The summed E-state index contributed by atoms with van der Waals surface area (Å²) < 4.78 is 54.8. The first-order chi connectivity index (χ1) is 20.4. The van der Waals surface area contributed by atoms with E-state index in [1.165, 1.54) is 30.7 Å². The third-order valence-electron chi connectivity index (χ3n) is 7.04. The number of benzene rings is 2. The molecule has 1 aliphatic heterocycles. The van der Waals surface area contributed by atoms with E-state index in [9.17, 15) is 23.1 Å². The van der Waals surface area contributed by atoms with Gasteiger partial charge in [0.1, 0.15) is 12.5 Å². The zero-order chi connectivity index (χ0) is 31.5. The summed E-state index contributed by atoms with van der Waals surface area (Å²) in [6.45, 7) is 3.78. The second-order valence-corrected chi connectivity index (χ2v) is 13.0. The van der Waals surface area contributed by atoms with E-state index in [1.54, 1.807) is 12.1 Å². The highest BCUT2D eigenvalue weighted by Gasteiger charge is 2.35. The van der Waals surface area contributed by atoms with Crippen LogP contribution in [0.4, 0.5) is 4.79 Å². The van der Waals surface area contributed by atoms with Crippen LogP contribution in [0.25, 0.3) is 0 Å². The molecule has 0 radical (unpaired) electrons. The summed E-state index contributed by atoms with van der Waals surface area (Å²) in [4.78, 5) is 24.7. The number of aliphatic hydroxyl groups excluding tert-OH is 1. The fraction of sp³-hybridized carbons (Fsp3) is 0.533. The molecule has 1 amide bonds. The second kappa shape index (κ2) is 16.0. The Balaban J connectivity index is 1.87. The van der Waals surface area contributed by atoms with Crippen LogP contribution in [0.5, 0.6) is 5.75 Å². The van der Waals surface area contributed by atoms with Crippen LogP contribution in [-0.2, 0) is 40.2 Å². The first kappa shape index (κ1) is 34.3. The molecule has 13 heteroatoms. The molecule has 1 fully saturated rings. The average molecular weight is 623 g/mol. The number of hydrogen-bond donors (Lipinski definition) is 2. The van der Waals surface area contributed by atoms with Gasteiger partial charge in [-0.25, -0.2) is 13.2 Å². The van der Waals surface area contributed by atoms with Gasteiger partial charge in [0.15, 0.2) is 6.10 Å². The molecule has 0 spiro atoms. The van der Waals surface area contributed by atoms with Gasteiger partial charge in [0.2, 0.25) is 10.0 Å². The number of aliphatic hydroxyl groups is 1. The lowest BCUT2D eigenvalue weighted by Crippen LogP contribution is -2.52. The molecule has 2 N–H and O–H groups in total. The van der Waals surface area contributed by atoms with Gasteiger partial charge in [-0.1, -0.05) is 44.2 Å². The zero-order valence-corrected chi connectivity index (χ0v) is 25.9. The lowest BCUT2D eigenvalue weighted by molar-refractivity contribution is -0.151. The van der Waals surface area contributed by atoms with Gasteiger partial charge in [0.05, 0.1) is 44.5 Å². The number of carbonyl (C=O) groups is 2. The van der Waals surface area contributed by atoms with Crippen LogP contribution in [0.3, 0.4) is 0 Å². The third kappa shape index (κ3) is 10.8. The van der Waals surface area contributed by atoms with E-state index >= 15 is 0 Å². The Kier molecular flexibility index (Phi) is 12.8. The molecule has 0 aromatic heterocycles. The van der Waals surface area contributed by atoms with E-state index in [1.807, 2.05) is 44.2 Å². The van der Waals surface area contributed by atoms with Crippen LogP contribution in [0.2, 0.25) is 0 Å². The van der Waals surface area contributed by atoms with E-state index in [0.29, 0.717) is 12.2 Å². The van der Waals surface area contributed by atoms with Gasteiger partial charge in [-0.2, -0.15) is 4.31 Å². The second-order valence-electron chi connectivity index (χ2n) is 11.1. The third-order valence-corrected chi connectivity index (χ3v) is 8.87. The minimum absolute atomic E-state index is 0.00791. The number of amides is 1. The lowest BCUT2D eigenvalue weighted by Gasteiger charge is -2.35. The number of nitrogens with one attached hydrogen (secondary N) is 1. The molecule has 2 aromatic carbocycles. The molecule has 0 aliphatic carbocycles. The molecule has 1 saturated heterocycles. The van der Waals surface area contributed by atoms with Crippen molar-refractivity contribution in [1.29, 1.82) is 0 Å². The predicted molar refractivity (Wildman–Crippen MR) is 157 cm³/mol. The number of ether oxygens (including phenoxy) is 5. The highest BCUT2D eigenvalue weighted by Crippen LogP contribution is 2.29. The molecule has 2 unspecified atom stereocenters. The summed E-state index contributed by atoms with van der Waals surface area (Å²) in [6.07, 6.45) is -2.10. The van der Waals surface area contributed by atoms with Crippen molar-refractivity contribution < 1.29 is 46.8 Å². The quantitative estimate of drug-likeness (QED) is 0.284. The van der Waals surface area contributed by atoms with Gasteiger partial charge >= 0.3 is 12.1 Å². The van der Waals surface area contributed by atoms with Crippen molar-refractivity contribution in [2.24, 2.45) is 5.41 Å². The number of hydrogen-bond acceptors (Lipinski definition) is 10. The van der Waals surface area contributed by atoms with Crippen LogP contribution in [-0.4, -0.2) is 95.5 Å². The maximum atomic E-state index is 13.9. The summed E-state index contributed by atoms with van der Waals surface area (Å²) >= 11 is 0. The van der Waals surface area contributed by atoms with E-state index in [4.69, 9.17) is 23.7 Å². The summed E-state index contributed by atoms with van der Waals surface area (Å²) in [7, 11) is -1.35. The SMILES string of the molecule is COC(=O)CCC(C)(C)CN(CC(O)C(Cc1ccccc1)NC(=O)OC1COCOC1)S(=O)(=O)c1ccc(OC)cc1. The largest absolute Gasteiger partial charge is 0.497 e. The number of rotatable bonds is 15. The van der Waals surface area contributed by atoms with E-state index in [2.05, 4.69) is 5.32 Å². The first-order valence-corrected chi connectivity index (χ1v) is 15.4. The fourth-order valence-corrected chi connectivity index (χ4v) is 6.25. The van der Waals surface area contributed by atoms with Gasteiger partial charge in [-0.3, -0.25) is 4.79 Å². The van der Waals surface area contributed by atoms with Crippen molar-refractivity contribution in [2.75, 3.05) is 47.3 Å². The molecule has 2 atom stereocenters. The number of esters is 1. The summed E-state index contributed by atoms with van der Waals surface area (Å²) in [5.41, 5.74) is 0.148. The highest BCUT2D eigenvalue weighted by molar-refractivity contribution is 7.89. The average Bonchev–Trinajstić information content (AvgIpc) is 3.00. The summed E-state index contributed by atoms with van der Waals surface area (Å²) in [5, 5.41) is 14.2. The molecule has 238 valence electrons. The number of methoxy groups -OCH3 is 2. The van der Waals surface area contributed by atoms with Crippen LogP contribution in [0, 0.1) is 5.41 Å². The Morgan fingerprint density at radius 1 is 1.07 bits per heavy atom. The predicted octanol–water partition coefficient (Wildman–Crippen LogP) is 2.74. The van der Waals surface area contributed by atoms with Gasteiger partial charge in [-0.05, 0) is 48.1 Å². The first-order valence-electron chi connectivity index (χ1n) is 14.0. The molecule has 3 rings (SSSR count). The lowest BCUT2D eigenvalue weighted by atomic mass is 9.87. The Morgan fingerprint density at radius 3 is 2.33 bits per heavy atom. The number of sulfonamides is 1. The Morgan fingerprint density at radius 2 is 1.72 bits per heavy atom. The van der Waals surface area contributed by atoms with E-state index < -0.39 is 45.8 Å². The van der Waals surface area contributed by atoms with Gasteiger partial charge < -0.3 is 34.1 Å². The van der Waals surface area contributed by atoms with Crippen molar-refractivity contribution in [3.05, 3.63) is 60.2 Å². The van der Waals surface area contributed by atoms with Crippen LogP contribution in [0.15, 0.2) is 59.5 Å². The maximum absolute atomic E-state index is 13.9. The van der Waals surface area contributed by atoms with Crippen LogP contribution < -0.4 is 10.1 Å². The Hall–Kier alpha value is -3.23. The molecule has 2 aromatic rings. The molecule has 0 bridgehead atoms. The summed E-state index contributed by atoms with van der Waals surface area (Å²) in [5.74, 6) is 0.0837. The summed E-state index contributed by atoms with van der Waals surface area (Å²) in [6, 6.07) is 14.2. The zero-order valence-electron chi connectivity index (χ0n) is 25.1. The fourth-order valence-electron chi connectivity index (χ4n) is 4.60. The monoisotopic (exact) mass is 622 g/mol. The van der Waals surface area contributed by atoms with Crippen molar-refractivity contribution >= 4 is 22.1 Å². The topological polar surface area (TPSA) is 150 Å². The van der Waals surface area contributed by atoms with E-state index in [-0.39, 0.29) is 50.8 Å². The number of carbonyl (C=O) groups excluding carboxylic acids is 2. The molecule has 1 aliphatic rings. The minimum atomic E-state index is -4.13. The molecule has 12 nitrogen and oxygen atoms in total. The van der Waals surface area contributed by atoms with E-state index in [0.717, 1.165) is 5.56 Å². The maximum Gasteiger partial charge on any atom is 0.407 e. The van der Waals surface area contributed by atoms with Crippen LogP contribution >= 0.6 is 0 Å². The van der Waals surface area contributed by atoms with Gasteiger partial charge in [-0.15, -0.1) is 0 Å². The van der Waals surface area contributed by atoms with Crippen molar-refractivity contribution in [1.82, 2.24) is 9.62 Å². The Bertz CT molecular complexity index is 1270. The normalized spacial score (nSPS) is 15.9. The number of nitrogens with zero attached hydrogens (tertiary/aromatic N) is 1. The Labute approximate surface area is 253 Å². The van der Waals surface area contributed by atoms with Crippen molar-refractivity contribution in [2.45, 2.75) is 56.3 Å². The molecular weight excluding hydrogens is 580 g/mol. The van der Waals surface area contributed by atoms with Crippen molar-refractivity contribution in [3.8, 4) is 5.75 Å². The van der Waals surface area contributed by atoms with Gasteiger partial charge in [0.25, 0.3) is 0 Å². The number of alkyl carbamates (subject to hydrolysis) is 1. The molecular formula is C30H42N2O10S. The molecule has 0 saturated carbocycles. The molecule has 1 heterocycles.